The van der Waals surface area contributed by atoms with E-state index < -0.39 is 0 Å². The molecular formula is C17H23ClN6O2. The molecule has 2 aromatic rings. The quantitative estimate of drug-likeness (QED) is 0.786. The Bertz CT molecular complexity index is 776. The maximum atomic E-state index is 12.3. The van der Waals surface area contributed by atoms with Crippen molar-refractivity contribution in [3.63, 3.8) is 0 Å². The smallest absolute Gasteiger partial charge is 0.273 e. The van der Waals surface area contributed by atoms with Crippen LogP contribution >= 0.6 is 12.4 Å². The average Bonchev–Trinajstić information content (AvgIpc) is 3.08. The van der Waals surface area contributed by atoms with Crippen LogP contribution in [0.5, 0.6) is 0 Å². The lowest BCUT2D eigenvalue weighted by Gasteiger charge is -2.27. The summed E-state index contributed by atoms with van der Waals surface area (Å²) in [4.78, 5) is 25.4. The van der Waals surface area contributed by atoms with E-state index in [9.17, 15) is 9.59 Å². The van der Waals surface area contributed by atoms with Crippen molar-refractivity contribution in [2.75, 3.05) is 27.2 Å². The zero-order valence-electron chi connectivity index (χ0n) is 14.8. The van der Waals surface area contributed by atoms with Crippen LogP contribution in [-0.4, -0.2) is 58.9 Å². The number of benzene rings is 1. The van der Waals surface area contributed by atoms with Crippen LogP contribution in [0.2, 0.25) is 0 Å². The molecule has 1 aromatic carbocycles. The largest absolute Gasteiger partial charge is 0.349 e. The maximum absolute atomic E-state index is 12.3. The highest BCUT2D eigenvalue weighted by molar-refractivity contribution is 5.92. The fourth-order valence-corrected chi connectivity index (χ4v) is 2.82. The second-order valence-electron chi connectivity index (χ2n) is 6.26. The molecule has 2 amide bonds. The highest BCUT2D eigenvalue weighted by Crippen LogP contribution is 2.21. The van der Waals surface area contributed by atoms with Gasteiger partial charge in [-0.05, 0) is 24.1 Å². The van der Waals surface area contributed by atoms with Crippen LogP contribution in [0.4, 0.5) is 0 Å². The van der Waals surface area contributed by atoms with Gasteiger partial charge in [-0.1, -0.05) is 29.5 Å². The number of carbonyl (C=O) groups is 2. The number of halogens is 1. The molecule has 26 heavy (non-hydrogen) atoms. The molecule has 0 saturated carbocycles. The van der Waals surface area contributed by atoms with Gasteiger partial charge in [-0.25, -0.2) is 4.68 Å². The van der Waals surface area contributed by atoms with Gasteiger partial charge in [0.2, 0.25) is 5.91 Å². The highest BCUT2D eigenvalue weighted by atomic mass is 35.5. The number of likely N-dealkylation sites (N-methyl/N-ethyl adjacent to an activating group) is 1. The van der Waals surface area contributed by atoms with Crippen LogP contribution in [0.1, 0.15) is 27.7 Å². The molecule has 8 nitrogen and oxygen atoms in total. The Hall–Kier alpha value is -2.45. The van der Waals surface area contributed by atoms with E-state index in [0.717, 1.165) is 13.0 Å². The molecule has 3 rings (SSSR count). The minimum Gasteiger partial charge on any atom is -0.349 e. The summed E-state index contributed by atoms with van der Waals surface area (Å²) in [7, 11) is 3.34. The van der Waals surface area contributed by atoms with E-state index in [2.05, 4.69) is 33.1 Å². The summed E-state index contributed by atoms with van der Waals surface area (Å²) in [6.07, 6.45) is 2.48. The summed E-state index contributed by atoms with van der Waals surface area (Å²) in [5.74, 6) is -0.409. The molecule has 0 spiro atoms. The van der Waals surface area contributed by atoms with Crippen molar-refractivity contribution in [3.8, 4) is 0 Å². The summed E-state index contributed by atoms with van der Waals surface area (Å²) in [6, 6.07) is 8.33. The van der Waals surface area contributed by atoms with Crippen molar-refractivity contribution in [3.05, 3.63) is 47.3 Å². The van der Waals surface area contributed by atoms with Crippen molar-refractivity contribution < 1.29 is 9.59 Å². The first-order valence-electron chi connectivity index (χ1n) is 8.24. The fraction of sp³-hybridized carbons (Fsp3) is 0.412. The number of nitrogens with zero attached hydrogens (tertiary/aromatic N) is 4. The molecule has 1 aliphatic heterocycles. The van der Waals surface area contributed by atoms with Crippen LogP contribution in [0.15, 0.2) is 30.5 Å². The number of hydrogen-bond acceptors (Lipinski definition) is 5. The summed E-state index contributed by atoms with van der Waals surface area (Å²) in [6.45, 7) is 1.42. The summed E-state index contributed by atoms with van der Waals surface area (Å²) in [5, 5.41) is 14.0. The normalized spacial score (nSPS) is 15.5. The van der Waals surface area contributed by atoms with E-state index in [1.807, 2.05) is 12.1 Å². The Morgan fingerprint density at radius 2 is 2.12 bits per heavy atom. The third-order valence-corrected chi connectivity index (χ3v) is 4.25. The van der Waals surface area contributed by atoms with Crippen LogP contribution in [0.3, 0.4) is 0 Å². The summed E-state index contributed by atoms with van der Waals surface area (Å²) in [5.41, 5.74) is 2.73. The molecule has 1 atom stereocenters. The molecule has 0 aliphatic carbocycles. The predicted octanol–water partition coefficient (Wildman–Crippen LogP) is 0.405. The van der Waals surface area contributed by atoms with Crippen LogP contribution < -0.4 is 10.6 Å². The van der Waals surface area contributed by atoms with Crippen LogP contribution in [0, 0.1) is 0 Å². The Kier molecular flexibility index (Phi) is 6.70. The molecule has 2 N–H and O–H groups in total. The zero-order valence-corrected chi connectivity index (χ0v) is 15.6. The number of rotatable bonds is 5. The number of hydrogen-bond donors (Lipinski definition) is 2. The minimum atomic E-state index is -0.298. The molecule has 0 fully saturated rings. The van der Waals surface area contributed by atoms with Gasteiger partial charge in [0.15, 0.2) is 5.69 Å². The van der Waals surface area contributed by atoms with Crippen molar-refractivity contribution in [1.29, 1.82) is 0 Å². The molecule has 1 aromatic heterocycles. The lowest BCUT2D eigenvalue weighted by molar-refractivity contribution is -0.129. The van der Waals surface area contributed by atoms with Gasteiger partial charge < -0.3 is 15.5 Å². The second kappa shape index (κ2) is 8.77. The Morgan fingerprint density at radius 1 is 1.35 bits per heavy atom. The van der Waals surface area contributed by atoms with E-state index >= 15 is 0 Å². The Labute approximate surface area is 158 Å². The van der Waals surface area contributed by atoms with Crippen molar-refractivity contribution in [2.24, 2.45) is 0 Å². The molecule has 1 unspecified atom stereocenters. The number of fused-ring (bicyclic) bond motifs is 1. The lowest BCUT2D eigenvalue weighted by Crippen LogP contribution is -2.38. The highest BCUT2D eigenvalue weighted by Gasteiger charge is 2.20. The molecular weight excluding hydrogens is 356 g/mol. The molecule has 0 saturated heterocycles. The van der Waals surface area contributed by atoms with E-state index in [0.29, 0.717) is 6.54 Å². The van der Waals surface area contributed by atoms with Gasteiger partial charge in [0.05, 0.1) is 6.20 Å². The zero-order chi connectivity index (χ0) is 17.8. The topological polar surface area (TPSA) is 92.2 Å². The second-order valence-corrected chi connectivity index (χ2v) is 6.26. The van der Waals surface area contributed by atoms with E-state index in [1.165, 1.54) is 26.9 Å². The monoisotopic (exact) mass is 378 g/mol. The van der Waals surface area contributed by atoms with Crippen molar-refractivity contribution >= 4 is 24.2 Å². The van der Waals surface area contributed by atoms with E-state index in [-0.39, 0.29) is 42.5 Å². The van der Waals surface area contributed by atoms with Gasteiger partial charge in [-0.15, -0.1) is 17.5 Å². The van der Waals surface area contributed by atoms with Crippen molar-refractivity contribution in [1.82, 2.24) is 30.5 Å². The number of aromatic nitrogens is 3. The van der Waals surface area contributed by atoms with Gasteiger partial charge in [0.1, 0.15) is 6.54 Å². The van der Waals surface area contributed by atoms with E-state index in [4.69, 9.17) is 0 Å². The first kappa shape index (κ1) is 19.9. The third kappa shape index (κ3) is 4.59. The first-order chi connectivity index (χ1) is 12.0. The molecule has 140 valence electrons. The van der Waals surface area contributed by atoms with Gasteiger partial charge in [0, 0.05) is 26.7 Å². The standard InChI is InChI=1S/C17H22N6O2.ClH/c1-22(2)16(24)11-23-10-15(20-21-23)17(25)19-9-14-13-6-4-3-5-12(13)7-8-18-14;/h3-6,10,14,18H,7-9,11H2,1-2H3,(H,19,25);1H. The maximum Gasteiger partial charge on any atom is 0.273 e. The molecule has 0 radical (unpaired) electrons. The summed E-state index contributed by atoms with van der Waals surface area (Å²) < 4.78 is 1.37. The first-order valence-corrected chi connectivity index (χ1v) is 8.24. The molecule has 1 aliphatic rings. The number of amides is 2. The van der Waals surface area contributed by atoms with Gasteiger partial charge in [-0.3, -0.25) is 9.59 Å². The van der Waals surface area contributed by atoms with Gasteiger partial charge in [0.25, 0.3) is 5.91 Å². The fourth-order valence-electron chi connectivity index (χ4n) is 2.82. The number of carbonyl (C=O) groups excluding carboxylic acids is 2. The third-order valence-electron chi connectivity index (χ3n) is 4.25. The van der Waals surface area contributed by atoms with Crippen LogP contribution in [0.25, 0.3) is 0 Å². The number of nitrogens with one attached hydrogen (secondary N) is 2. The summed E-state index contributed by atoms with van der Waals surface area (Å²) >= 11 is 0. The lowest BCUT2D eigenvalue weighted by atomic mass is 9.94. The van der Waals surface area contributed by atoms with Crippen LogP contribution in [-0.2, 0) is 17.8 Å². The van der Waals surface area contributed by atoms with Gasteiger partial charge >= 0.3 is 0 Å². The molecule has 2 heterocycles. The predicted molar refractivity (Wildman–Crippen MR) is 99.2 cm³/mol. The molecule has 9 heteroatoms. The minimum absolute atomic E-state index is 0. The Morgan fingerprint density at radius 3 is 2.88 bits per heavy atom. The van der Waals surface area contributed by atoms with E-state index in [1.54, 1.807) is 14.1 Å². The molecule has 0 bridgehead atoms. The Balaban J connectivity index is 0.00000243. The van der Waals surface area contributed by atoms with Gasteiger partial charge in [-0.2, -0.15) is 0 Å². The SMILES string of the molecule is CN(C)C(=O)Cn1cc(C(=O)NCC2NCCc3ccccc32)nn1.Cl. The van der Waals surface area contributed by atoms with Crippen molar-refractivity contribution in [2.45, 2.75) is 19.0 Å². The average molecular weight is 379 g/mol.